The number of amides is 1. The van der Waals surface area contributed by atoms with Gasteiger partial charge in [0.2, 0.25) is 5.91 Å². The normalized spacial score (nSPS) is 15.2. The van der Waals surface area contributed by atoms with Crippen LogP contribution in [0.4, 0.5) is 14.5 Å². The van der Waals surface area contributed by atoms with Gasteiger partial charge >= 0.3 is 0 Å². The number of nitrogens with zero attached hydrogens (tertiary/aromatic N) is 2. The maximum absolute atomic E-state index is 12.5. The Morgan fingerprint density at radius 1 is 0.818 bits per heavy atom. The lowest BCUT2D eigenvalue weighted by molar-refractivity contribution is -0.117. The number of rotatable bonds is 8. The smallest absolute Gasteiger partial charge is 0.288 e. The van der Waals surface area contributed by atoms with Crippen LogP contribution >= 0.6 is 11.8 Å². The van der Waals surface area contributed by atoms with Gasteiger partial charge in [0.15, 0.2) is 0 Å². The summed E-state index contributed by atoms with van der Waals surface area (Å²) in [7, 11) is 0. The molecule has 4 rings (SSSR count). The zero-order chi connectivity index (χ0) is 23.0. The third kappa shape index (κ3) is 6.63. The first-order valence-corrected chi connectivity index (χ1v) is 11.9. The first kappa shape index (κ1) is 23.4. The maximum Gasteiger partial charge on any atom is 0.288 e. The molecule has 0 saturated carbocycles. The first-order valence-electron chi connectivity index (χ1n) is 11.0. The molecule has 4 nitrogen and oxygen atoms in total. The number of hydrogen-bond acceptors (Lipinski definition) is 4. The fraction of sp³-hybridized carbons (Fsp3) is 0.269. The van der Waals surface area contributed by atoms with Gasteiger partial charge in [-0.05, 0) is 35.4 Å². The minimum absolute atomic E-state index is 0.0969. The van der Waals surface area contributed by atoms with E-state index in [1.807, 2.05) is 12.1 Å². The highest BCUT2D eigenvalue weighted by Crippen LogP contribution is 2.29. The van der Waals surface area contributed by atoms with Gasteiger partial charge < -0.3 is 5.32 Å². The second-order valence-electron chi connectivity index (χ2n) is 7.99. The molecule has 0 aromatic heterocycles. The van der Waals surface area contributed by atoms with Crippen LogP contribution in [0.1, 0.15) is 17.2 Å². The molecule has 0 unspecified atom stereocenters. The van der Waals surface area contributed by atoms with Crippen molar-refractivity contribution in [1.82, 2.24) is 9.80 Å². The van der Waals surface area contributed by atoms with Crippen LogP contribution in [0.25, 0.3) is 0 Å². The molecule has 3 aromatic carbocycles. The highest BCUT2D eigenvalue weighted by atomic mass is 32.2. The van der Waals surface area contributed by atoms with Gasteiger partial charge in [0.1, 0.15) is 0 Å². The number of benzene rings is 3. The summed E-state index contributed by atoms with van der Waals surface area (Å²) >= 11 is 0.495. The Hall–Kier alpha value is -2.74. The Bertz CT molecular complexity index is 971. The van der Waals surface area contributed by atoms with Gasteiger partial charge in [-0.1, -0.05) is 72.4 Å². The van der Waals surface area contributed by atoms with E-state index in [1.165, 1.54) is 11.1 Å². The monoisotopic (exact) mass is 467 g/mol. The van der Waals surface area contributed by atoms with Crippen LogP contribution in [-0.4, -0.2) is 54.2 Å². The maximum atomic E-state index is 12.5. The summed E-state index contributed by atoms with van der Waals surface area (Å²) in [4.78, 5) is 17.6. The van der Waals surface area contributed by atoms with Gasteiger partial charge in [0.25, 0.3) is 5.76 Å². The van der Waals surface area contributed by atoms with E-state index >= 15 is 0 Å². The molecule has 33 heavy (non-hydrogen) atoms. The molecule has 0 spiro atoms. The van der Waals surface area contributed by atoms with Crippen LogP contribution in [0.2, 0.25) is 0 Å². The van der Waals surface area contributed by atoms with E-state index in [0.717, 1.165) is 26.2 Å². The molecule has 1 aliphatic rings. The molecular formula is C26H27F2N3OS. The van der Waals surface area contributed by atoms with E-state index in [0.29, 0.717) is 28.9 Å². The Balaban J connectivity index is 1.32. The second-order valence-corrected chi connectivity index (χ2v) is 9.05. The Morgan fingerprint density at radius 2 is 1.36 bits per heavy atom. The number of hydrogen-bond donors (Lipinski definition) is 1. The highest BCUT2D eigenvalue weighted by molar-refractivity contribution is 7.99. The topological polar surface area (TPSA) is 35.6 Å². The highest BCUT2D eigenvalue weighted by Gasteiger charge is 2.27. The zero-order valence-electron chi connectivity index (χ0n) is 18.2. The molecule has 1 N–H and O–H groups in total. The predicted molar refractivity (Wildman–Crippen MR) is 130 cm³/mol. The average molecular weight is 468 g/mol. The molecule has 0 radical (unpaired) electrons. The second kappa shape index (κ2) is 11.4. The fourth-order valence-corrected chi connectivity index (χ4v) is 4.69. The van der Waals surface area contributed by atoms with E-state index < -0.39 is 5.76 Å². The summed E-state index contributed by atoms with van der Waals surface area (Å²) < 4.78 is 24.9. The van der Waals surface area contributed by atoms with Crippen molar-refractivity contribution < 1.29 is 13.6 Å². The summed E-state index contributed by atoms with van der Waals surface area (Å²) in [5.41, 5.74) is 3.15. The molecule has 172 valence electrons. The quantitative estimate of drug-likeness (QED) is 0.453. The van der Waals surface area contributed by atoms with Gasteiger partial charge in [0.05, 0.1) is 12.6 Å². The van der Waals surface area contributed by atoms with Gasteiger partial charge in [-0.25, -0.2) is 0 Å². The number of alkyl halides is 2. The van der Waals surface area contributed by atoms with Crippen molar-refractivity contribution >= 4 is 23.4 Å². The summed E-state index contributed by atoms with van der Waals surface area (Å²) in [5.74, 6) is -2.55. The summed E-state index contributed by atoms with van der Waals surface area (Å²) in [5, 5.41) is 2.86. The van der Waals surface area contributed by atoms with E-state index in [-0.39, 0.29) is 11.9 Å². The van der Waals surface area contributed by atoms with E-state index in [1.54, 1.807) is 24.3 Å². The van der Waals surface area contributed by atoms with Crippen LogP contribution in [0.15, 0.2) is 89.8 Å². The Labute approximate surface area is 197 Å². The van der Waals surface area contributed by atoms with Gasteiger partial charge in [-0.15, -0.1) is 0 Å². The number of carbonyl (C=O) groups excluding carboxylic acids is 1. The molecule has 7 heteroatoms. The number of thioether (sulfide) groups is 1. The SMILES string of the molecule is O=C(CN1CCN(C(c2ccccc2)c2ccccc2)CC1)Nc1ccc(SC(F)F)cc1. The summed E-state index contributed by atoms with van der Waals surface area (Å²) in [6, 6.07) is 27.7. The molecule has 3 aromatic rings. The number of halogens is 2. The van der Waals surface area contributed by atoms with Crippen LogP contribution in [0, 0.1) is 0 Å². The van der Waals surface area contributed by atoms with E-state index in [2.05, 4.69) is 63.6 Å². The molecular weight excluding hydrogens is 440 g/mol. The molecule has 1 heterocycles. The van der Waals surface area contributed by atoms with Crippen molar-refractivity contribution in [2.45, 2.75) is 16.7 Å². The summed E-state index contributed by atoms with van der Waals surface area (Å²) in [6.45, 7) is 3.63. The van der Waals surface area contributed by atoms with Crippen molar-refractivity contribution in [3.05, 3.63) is 96.1 Å². The van der Waals surface area contributed by atoms with Gasteiger partial charge in [-0.3, -0.25) is 14.6 Å². The Morgan fingerprint density at radius 3 is 1.88 bits per heavy atom. The van der Waals surface area contributed by atoms with Crippen molar-refractivity contribution in [3.63, 3.8) is 0 Å². The third-order valence-corrected chi connectivity index (χ3v) is 6.46. The lowest BCUT2D eigenvalue weighted by Crippen LogP contribution is -2.49. The number of carbonyl (C=O) groups is 1. The average Bonchev–Trinajstić information content (AvgIpc) is 2.83. The molecule has 1 fully saturated rings. The number of anilines is 1. The lowest BCUT2D eigenvalue weighted by atomic mass is 9.96. The summed E-state index contributed by atoms with van der Waals surface area (Å²) in [6.07, 6.45) is 0. The van der Waals surface area contributed by atoms with E-state index in [9.17, 15) is 13.6 Å². The fourth-order valence-electron chi connectivity index (χ4n) is 4.19. The molecule has 0 aliphatic carbocycles. The van der Waals surface area contributed by atoms with Crippen LogP contribution in [0.5, 0.6) is 0 Å². The standard InChI is InChI=1S/C26H27F2N3OS/c27-26(28)33-23-13-11-22(12-14-23)29-24(32)19-30-15-17-31(18-16-30)25(20-7-3-1-4-8-20)21-9-5-2-6-10-21/h1-14,25-26H,15-19H2,(H,29,32). The van der Waals surface area contributed by atoms with Gasteiger partial charge in [-0.2, -0.15) is 8.78 Å². The number of piperazine rings is 1. The Kier molecular flexibility index (Phi) is 8.10. The minimum atomic E-state index is -2.45. The molecule has 1 saturated heterocycles. The molecule has 1 aliphatic heterocycles. The van der Waals surface area contributed by atoms with Crippen LogP contribution in [0.3, 0.4) is 0 Å². The minimum Gasteiger partial charge on any atom is -0.325 e. The molecule has 0 bridgehead atoms. The van der Waals surface area contributed by atoms with Crippen molar-refractivity contribution in [1.29, 1.82) is 0 Å². The first-order chi connectivity index (χ1) is 16.1. The lowest BCUT2D eigenvalue weighted by Gasteiger charge is -2.39. The van der Waals surface area contributed by atoms with Crippen molar-refractivity contribution in [2.24, 2.45) is 0 Å². The van der Waals surface area contributed by atoms with E-state index in [4.69, 9.17) is 0 Å². The zero-order valence-corrected chi connectivity index (χ0v) is 19.1. The van der Waals surface area contributed by atoms with Gasteiger partial charge in [0, 0.05) is 36.8 Å². The largest absolute Gasteiger partial charge is 0.325 e. The molecule has 0 atom stereocenters. The van der Waals surface area contributed by atoms with Crippen LogP contribution in [-0.2, 0) is 4.79 Å². The van der Waals surface area contributed by atoms with Crippen LogP contribution < -0.4 is 5.32 Å². The number of nitrogens with one attached hydrogen (secondary N) is 1. The predicted octanol–water partition coefficient (Wildman–Crippen LogP) is 5.35. The third-order valence-electron chi connectivity index (χ3n) is 5.73. The van der Waals surface area contributed by atoms with Crippen molar-refractivity contribution in [2.75, 3.05) is 38.0 Å². The van der Waals surface area contributed by atoms with Crippen molar-refractivity contribution in [3.8, 4) is 0 Å². The molecule has 1 amide bonds.